The molecule has 1 heterocycles. The second-order valence-corrected chi connectivity index (χ2v) is 22.4. The maximum absolute atomic E-state index is 13.1. The van der Waals surface area contributed by atoms with Crippen LogP contribution >= 0.6 is 0 Å². The highest BCUT2D eigenvalue weighted by Gasteiger charge is 2.50. The Labute approximate surface area is 459 Å². The molecule has 0 spiro atoms. The van der Waals surface area contributed by atoms with E-state index in [0.29, 0.717) is 19.3 Å². The van der Waals surface area contributed by atoms with E-state index in [4.69, 9.17) is 23.7 Å². The fraction of sp³-hybridized carbons (Fsp3) is 0.937. The van der Waals surface area contributed by atoms with Crippen molar-refractivity contribution in [2.24, 2.45) is 0 Å². The minimum absolute atomic E-state index is 0.0713. The van der Waals surface area contributed by atoms with Gasteiger partial charge in [-0.25, -0.2) is 4.79 Å². The highest BCUT2D eigenvalue weighted by Crippen LogP contribution is 2.27. The highest BCUT2D eigenvalue weighted by molar-refractivity contribution is 5.74. The average molecular weight is 1070 g/mol. The van der Waals surface area contributed by atoms with Crippen LogP contribution in [0.15, 0.2) is 0 Å². The number of carboxylic acids is 1. The third-order valence-corrected chi connectivity index (χ3v) is 15.2. The van der Waals surface area contributed by atoms with Crippen molar-refractivity contribution in [3.05, 3.63) is 0 Å². The summed E-state index contributed by atoms with van der Waals surface area (Å²) in [5.41, 5.74) is 0. The first kappa shape index (κ1) is 70.7. The molecule has 0 saturated carbocycles. The van der Waals surface area contributed by atoms with Crippen molar-refractivity contribution < 1.29 is 58.2 Å². The molecule has 1 aliphatic rings. The summed E-state index contributed by atoms with van der Waals surface area (Å²) in [6, 6.07) is 0. The summed E-state index contributed by atoms with van der Waals surface area (Å²) in [5, 5.41) is 31.5. The first-order valence-electron chi connectivity index (χ1n) is 32.0. The first-order chi connectivity index (χ1) is 36.6. The van der Waals surface area contributed by atoms with Crippen LogP contribution in [0.4, 0.5) is 0 Å². The number of hydrogen-bond donors (Lipinski definition) is 3. The zero-order valence-electron chi connectivity index (χ0n) is 48.8. The van der Waals surface area contributed by atoms with Gasteiger partial charge < -0.3 is 39.0 Å². The van der Waals surface area contributed by atoms with Crippen molar-refractivity contribution in [1.29, 1.82) is 0 Å². The molecule has 3 N–H and O–H groups in total. The zero-order valence-corrected chi connectivity index (χ0v) is 48.8. The van der Waals surface area contributed by atoms with Crippen LogP contribution in [-0.4, -0.2) is 89.2 Å². The molecular formula is C63H118O12. The molecule has 12 heteroatoms. The third-order valence-electron chi connectivity index (χ3n) is 15.2. The molecule has 0 amide bonds. The van der Waals surface area contributed by atoms with Gasteiger partial charge in [-0.05, 0) is 19.3 Å². The van der Waals surface area contributed by atoms with E-state index in [1.54, 1.807) is 0 Å². The van der Waals surface area contributed by atoms with Crippen LogP contribution in [0.5, 0.6) is 0 Å². The lowest BCUT2D eigenvalue weighted by molar-refractivity contribution is -0.301. The predicted molar refractivity (Wildman–Crippen MR) is 304 cm³/mol. The van der Waals surface area contributed by atoms with Gasteiger partial charge in [0.25, 0.3) is 0 Å². The quantitative estimate of drug-likeness (QED) is 0.0299. The van der Waals surface area contributed by atoms with E-state index in [0.717, 1.165) is 57.8 Å². The van der Waals surface area contributed by atoms with Crippen LogP contribution < -0.4 is 0 Å². The van der Waals surface area contributed by atoms with Crippen LogP contribution in [0.1, 0.15) is 329 Å². The molecule has 0 aromatic heterocycles. The average Bonchev–Trinajstić information content (AvgIpc) is 3.39. The Morgan fingerprint density at radius 3 is 1.00 bits per heavy atom. The number of carbonyl (C=O) groups is 4. The molecule has 75 heavy (non-hydrogen) atoms. The molecule has 1 saturated heterocycles. The number of ether oxygens (including phenoxy) is 5. The molecule has 0 aromatic rings. The number of carboxylic acid groups (broad SMARTS) is 1. The van der Waals surface area contributed by atoms with E-state index in [-0.39, 0.29) is 25.9 Å². The Kier molecular flexibility index (Phi) is 49.4. The van der Waals surface area contributed by atoms with Gasteiger partial charge >= 0.3 is 23.9 Å². The lowest BCUT2D eigenvalue weighted by atomic mass is 9.98. The largest absolute Gasteiger partial charge is 0.479 e. The summed E-state index contributed by atoms with van der Waals surface area (Å²) >= 11 is 0. The molecule has 0 bridgehead atoms. The van der Waals surface area contributed by atoms with Crippen molar-refractivity contribution in [3.63, 3.8) is 0 Å². The van der Waals surface area contributed by atoms with E-state index < -0.39 is 67.3 Å². The van der Waals surface area contributed by atoms with Gasteiger partial charge in [0.05, 0.1) is 6.61 Å². The van der Waals surface area contributed by atoms with E-state index in [9.17, 15) is 34.5 Å². The van der Waals surface area contributed by atoms with E-state index in [1.165, 1.54) is 212 Å². The van der Waals surface area contributed by atoms with Crippen molar-refractivity contribution >= 4 is 23.9 Å². The Hall–Kier alpha value is -2.28. The van der Waals surface area contributed by atoms with Crippen molar-refractivity contribution in [2.75, 3.05) is 13.2 Å². The Bertz CT molecular complexity index is 1310. The molecule has 6 atom stereocenters. The predicted octanol–water partition coefficient (Wildman–Crippen LogP) is 16.7. The highest BCUT2D eigenvalue weighted by atomic mass is 16.7. The second kappa shape index (κ2) is 52.4. The van der Waals surface area contributed by atoms with Crippen LogP contribution in [0.2, 0.25) is 0 Å². The number of carbonyl (C=O) groups excluding carboxylic acids is 3. The second-order valence-electron chi connectivity index (χ2n) is 22.4. The molecule has 0 aliphatic carbocycles. The number of esters is 3. The van der Waals surface area contributed by atoms with Crippen LogP contribution in [0.3, 0.4) is 0 Å². The van der Waals surface area contributed by atoms with Gasteiger partial charge in [0, 0.05) is 19.3 Å². The monoisotopic (exact) mass is 1070 g/mol. The SMILES string of the molecule is CCCCCCCCCCCCCCCCCCCCCC(=O)OC1C(OCC(COC(=O)CCCCCCCCCCCCCCC)OC(=O)CCCCCCCCCCCCCCC)OC(C(=O)O)C(O)C1O. The number of unbranched alkanes of at least 4 members (excludes halogenated alkanes) is 42. The number of aliphatic hydroxyl groups excluding tert-OH is 2. The first-order valence-corrected chi connectivity index (χ1v) is 32.0. The summed E-state index contributed by atoms with van der Waals surface area (Å²) in [6.07, 6.45) is 44.9. The maximum atomic E-state index is 13.1. The van der Waals surface area contributed by atoms with Gasteiger partial charge in [-0.3, -0.25) is 14.4 Å². The normalized spacial score (nSPS) is 18.0. The van der Waals surface area contributed by atoms with Gasteiger partial charge in [0.2, 0.25) is 0 Å². The lowest BCUT2D eigenvalue weighted by Gasteiger charge is -2.40. The number of rotatable bonds is 56. The number of aliphatic hydroxyl groups is 2. The van der Waals surface area contributed by atoms with Gasteiger partial charge in [-0.2, -0.15) is 0 Å². The minimum Gasteiger partial charge on any atom is -0.479 e. The van der Waals surface area contributed by atoms with Gasteiger partial charge in [0.1, 0.15) is 18.8 Å². The van der Waals surface area contributed by atoms with Gasteiger partial charge in [0.15, 0.2) is 24.6 Å². The van der Waals surface area contributed by atoms with E-state index in [1.807, 2.05) is 0 Å². The molecule has 442 valence electrons. The standard InChI is InChI=1S/C63H118O12/c1-4-7-10-13-16-19-22-25-26-27-28-29-30-33-36-39-42-45-48-51-57(66)74-61-59(68)58(67)60(62(69)70)75-63(61)72-53-54(73-56(65)50-47-44-41-38-35-32-24-21-18-15-12-9-6-3)52-71-55(64)49-46-43-40-37-34-31-23-20-17-14-11-8-5-2/h54,58-61,63,67-68H,4-53H2,1-3H3,(H,69,70). The van der Waals surface area contributed by atoms with E-state index in [2.05, 4.69) is 20.8 Å². The van der Waals surface area contributed by atoms with Crippen LogP contribution in [0.25, 0.3) is 0 Å². The molecule has 1 aliphatic heterocycles. The number of hydrogen-bond acceptors (Lipinski definition) is 11. The smallest absolute Gasteiger partial charge is 0.335 e. The molecule has 12 nitrogen and oxygen atoms in total. The Balaban J connectivity index is 2.61. The molecule has 0 aromatic carbocycles. The van der Waals surface area contributed by atoms with Gasteiger partial charge in [-0.15, -0.1) is 0 Å². The topological polar surface area (TPSA) is 175 Å². The van der Waals surface area contributed by atoms with Crippen LogP contribution in [-0.2, 0) is 42.9 Å². The Morgan fingerprint density at radius 1 is 0.387 bits per heavy atom. The third kappa shape index (κ3) is 42.4. The minimum atomic E-state index is -1.89. The zero-order chi connectivity index (χ0) is 54.7. The molecular weight excluding hydrogens is 949 g/mol. The van der Waals surface area contributed by atoms with Crippen LogP contribution in [0, 0.1) is 0 Å². The molecule has 6 unspecified atom stereocenters. The van der Waals surface area contributed by atoms with Gasteiger partial charge in [-0.1, -0.05) is 290 Å². The van der Waals surface area contributed by atoms with Crippen molar-refractivity contribution in [2.45, 2.75) is 366 Å². The van der Waals surface area contributed by atoms with Crippen molar-refractivity contribution in [1.82, 2.24) is 0 Å². The molecule has 1 rings (SSSR count). The fourth-order valence-corrected chi connectivity index (χ4v) is 10.3. The Morgan fingerprint density at radius 2 is 0.680 bits per heavy atom. The summed E-state index contributed by atoms with van der Waals surface area (Å²) in [5.74, 6) is -3.06. The summed E-state index contributed by atoms with van der Waals surface area (Å²) < 4.78 is 28.5. The van der Waals surface area contributed by atoms with Crippen molar-refractivity contribution in [3.8, 4) is 0 Å². The molecule has 1 fully saturated rings. The van der Waals surface area contributed by atoms with E-state index >= 15 is 0 Å². The maximum Gasteiger partial charge on any atom is 0.335 e. The number of aliphatic carboxylic acids is 1. The fourth-order valence-electron chi connectivity index (χ4n) is 10.3. The summed E-state index contributed by atoms with van der Waals surface area (Å²) in [4.78, 5) is 51.2. The summed E-state index contributed by atoms with van der Waals surface area (Å²) in [7, 11) is 0. The molecule has 0 radical (unpaired) electrons. The lowest BCUT2D eigenvalue weighted by Crippen LogP contribution is -2.61. The summed E-state index contributed by atoms with van der Waals surface area (Å²) in [6.45, 7) is 6.05.